The average Bonchev–Trinajstić information content (AvgIpc) is 2.27. The largest absolute Gasteiger partial charge is 0.352 e. The number of piperidine rings is 1. The van der Waals surface area contributed by atoms with Crippen molar-refractivity contribution in [2.75, 3.05) is 20.1 Å². The van der Waals surface area contributed by atoms with Crippen LogP contribution >= 0.6 is 0 Å². The number of nitrogens with zero attached hydrogens (tertiary/aromatic N) is 1. The third-order valence-electron chi connectivity index (χ3n) is 4.32. The molecule has 18 heavy (non-hydrogen) atoms. The van der Waals surface area contributed by atoms with Crippen molar-refractivity contribution in [1.29, 1.82) is 0 Å². The number of carbonyl (C=O) groups excluding carboxylic acids is 1. The van der Waals surface area contributed by atoms with Crippen LogP contribution in [0, 0.1) is 11.8 Å². The number of amides is 1. The molecule has 4 atom stereocenters. The predicted molar refractivity (Wildman–Crippen MR) is 73.1 cm³/mol. The number of rotatable bonds is 2. The lowest BCUT2D eigenvalue weighted by Gasteiger charge is -2.34. The molecule has 1 saturated carbocycles. The van der Waals surface area contributed by atoms with Crippen molar-refractivity contribution in [3.63, 3.8) is 0 Å². The van der Waals surface area contributed by atoms with Crippen molar-refractivity contribution >= 4 is 5.91 Å². The second kappa shape index (κ2) is 6.02. The quantitative estimate of drug-likeness (QED) is 0.770. The van der Waals surface area contributed by atoms with Gasteiger partial charge in [-0.25, -0.2) is 0 Å². The summed E-state index contributed by atoms with van der Waals surface area (Å²) >= 11 is 0. The van der Waals surface area contributed by atoms with Crippen molar-refractivity contribution in [3.05, 3.63) is 0 Å². The highest BCUT2D eigenvalue weighted by molar-refractivity contribution is 5.79. The number of nitrogens with one attached hydrogen (secondary N) is 1. The van der Waals surface area contributed by atoms with Gasteiger partial charge in [-0.2, -0.15) is 0 Å². The molecule has 0 aromatic heterocycles. The Morgan fingerprint density at radius 1 is 1.33 bits per heavy atom. The Hall–Kier alpha value is -0.610. The summed E-state index contributed by atoms with van der Waals surface area (Å²) in [4.78, 5) is 14.6. The van der Waals surface area contributed by atoms with E-state index >= 15 is 0 Å². The zero-order valence-electron chi connectivity index (χ0n) is 11.7. The Morgan fingerprint density at radius 2 is 2.11 bits per heavy atom. The number of carbonyl (C=O) groups is 1. The first kappa shape index (κ1) is 13.8. The first-order chi connectivity index (χ1) is 8.54. The molecule has 0 aromatic carbocycles. The summed E-state index contributed by atoms with van der Waals surface area (Å²) < 4.78 is 0. The maximum atomic E-state index is 12.3. The van der Waals surface area contributed by atoms with Crippen LogP contribution in [0.25, 0.3) is 0 Å². The molecule has 0 spiro atoms. The van der Waals surface area contributed by atoms with E-state index in [2.05, 4.69) is 24.2 Å². The molecule has 2 rings (SSSR count). The minimum absolute atomic E-state index is 0.135. The summed E-state index contributed by atoms with van der Waals surface area (Å²) in [6, 6.07) is 0.545. The minimum atomic E-state index is 0.135. The number of hydrogen-bond acceptors (Lipinski definition) is 3. The second-order valence-corrected chi connectivity index (χ2v) is 6.38. The molecule has 4 nitrogen and oxygen atoms in total. The van der Waals surface area contributed by atoms with E-state index in [0.29, 0.717) is 12.0 Å². The third-order valence-corrected chi connectivity index (χ3v) is 4.32. The van der Waals surface area contributed by atoms with Gasteiger partial charge < -0.3 is 16.0 Å². The van der Waals surface area contributed by atoms with E-state index in [1.807, 2.05) is 0 Å². The summed E-state index contributed by atoms with van der Waals surface area (Å²) in [5.41, 5.74) is 6.02. The molecule has 1 aliphatic carbocycles. The molecule has 3 N–H and O–H groups in total. The van der Waals surface area contributed by atoms with Gasteiger partial charge in [0.1, 0.15) is 0 Å². The standard InChI is InChI=1S/C14H27N3O/c1-10-6-11(8-12(15)7-10)14(18)16-13-4-3-5-17(2)9-13/h10-13H,3-9,15H2,1-2H3,(H,16,18). The van der Waals surface area contributed by atoms with Crippen molar-refractivity contribution in [3.8, 4) is 0 Å². The molecule has 0 radical (unpaired) electrons. The molecule has 0 bridgehead atoms. The third kappa shape index (κ3) is 3.69. The Kier molecular flexibility index (Phi) is 4.62. The summed E-state index contributed by atoms with van der Waals surface area (Å²) in [6.07, 6.45) is 5.23. The van der Waals surface area contributed by atoms with E-state index in [0.717, 1.165) is 38.8 Å². The molecule has 0 aromatic rings. The van der Waals surface area contributed by atoms with E-state index in [9.17, 15) is 4.79 Å². The molecule has 104 valence electrons. The lowest BCUT2D eigenvalue weighted by atomic mass is 9.79. The molecule has 4 heteroatoms. The van der Waals surface area contributed by atoms with Crippen LogP contribution in [0.1, 0.15) is 39.0 Å². The molecule has 1 amide bonds. The second-order valence-electron chi connectivity index (χ2n) is 6.38. The van der Waals surface area contributed by atoms with E-state index in [1.54, 1.807) is 0 Å². The van der Waals surface area contributed by atoms with Crippen molar-refractivity contribution in [2.45, 2.75) is 51.1 Å². The van der Waals surface area contributed by atoms with Gasteiger partial charge in [-0.05, 0) is 51.6 Å². The molecule has 4 unspecified atom stereocenters. The van der Waals surface area contributed by atoms with Crippen LogP contribution in [0.3, 0.4) is 0 Å². The Bertz CT molecular complexity index is 285. The highest BCUT2D eigenvalue weighted by Crippen LogP contribution is 2.28. The minimum Gasteiger partial charge on any atom is -0.352 e. The van der Waals surface area contributed by atoms with Crippen LogP contribution in [0.15, 0.2) is 0 Å². The van der Waals surface area contributed by atoms with Gasteiger partial charge >= 0.3 is 0 Å². The van der Waals surface area contributed by atoms with Gasteiger partial charge in [0.05, 0.1) is 0 Å². The molecule has 1 aliphatic heterocycles. The maximum absolute atomic E-state index is 12.3. The Labute approximate surface area is 110 Å². The maximum Gasteiger partial charge on any atom is 0.223 e. The number of likely N-dealkylation sites (N-methyl/N-ethyl adjacent to an activating group) is 1. The number of hydrogen-bond donors (Lipinski definition) is 2. The summed E-state index contributed by atoms with van der Waals surface area (Å²) in [7, 11) is 2.12. The van der Waals surface area contributed by atoms with Crippen LogP contribution in [0.2, 0.25) is 0 Å². The highest BCUT2D eigenvalue weighted by atomic mass is 16.1. The van der Waals surface area contributed by atoms with Crippen LogP contribution < -0.4 is 11.1 Å². The molecule has 1 saturated heterocycles. The summed E-state index contributed by atoms with van der Waals surface area (Å²) in [5.74, 6) is 0.951. The molecule has 1 heterocycles. The fraction of sp³-hybridized carbons (Fsp3) is 0.929. The van der Waals surface area contributed by atoms with E-state index in [-0.39, 0.29) is 17.9 Å². The smallest absolute Gasteiger partial charge is 0.223 e. The Morgan fingerprint density at radius 3 is 2.78 bits per heavy atom. The molecule has 2 fully saturated rings. The topological polar surface area (TPSA) is 58.4 Å². The van der Waals surface area contributed by atoms with E-state index < -0.39 is 0 Å². The van der Waals surface area contributed by atoms with Gasteiger partial charge in [0.15, 0.2) is 0 Å². The monoisotopic (exact) mass is 253 g/mol. The first-order valence-corrected chi connectivity index (χ1v) is 7.29. The lowest BCUT2D eigenvalue weighted by molar-refractivity contribution is -0.127. The van der Waals surface area contributed by atoms with E-state index in [4.69, 9.17) is 5.73 Å². The zero-order valence-corrected chi connectivity index (χ0v) is 11.7. The summed E-state index contributed by atoms with van der Waals surface area (Å²) in [5, 5.41) is 3.22. The highest BCUT2D eigenvalue weighted by Gasteiger charge is 2.30. The molecular weight excluding hydrogens is 226 g/mol. The zero-order chi connectivity index (χ0) is 13.1. The van der Waals surface area contributed by atoms with Crippen molar-refractivity contribution < 1.29 is 4.79 Å². The van der Waals surface area contributed by atoms with Gasteiger partial charge in [-0.15, -0.1) is 0 Å². The van der Waals surface area contributed by atoms with Crippen LogP contribution in [0.5, 0.6) is 0 Å². The SMILES string of the molecule is CC1CC(N)CC(C(=O)NC2CCCN(C)C2)C1. The van der Waals surface area contributed by atoms with Crippen LogP contribution in [-0.4, -0.2) is 43.0 Å². The van der Waals surface area contributed by atoms with Gasteiger partial charge in [-0.1, -0.05) is 6.92 Å². The molecule has 2 aliphatic rings. The lowest BCUT2D eigenvalue weighted by Crippen LogP contribution is -2.49. The van der Waals surface area contributed by atoms with Crippen LogP contribution in [0.4, 0.5) is 0 Å². The van der Waals surface area contributed by atoms with E-state index in [1.165, 1.54) is 6.42 Å². The Balaban J connectivity index is 1.83. The van der Waals surface area contributed by atoms with Gasteiger partial charge in [0.2, 0.25) is 5.91 Å². The van der Waals surface area contributed by atoms with Gasteiger partial charge in [0, 0.05) is 24.5 Å². The fourth-order valence-corrected chi connectivity index (χ4v) is 3.47. The molecular formula is C14H27N3O. The van der Waals surface area contributed by atoms with Gasteiger partial charge in [0.25, 0.3) is 0 Å². The van der Waals surface area contributed by atoms with Crippen molar-refractivity contribution in [1.82, 2.24) is 10.2 Å². The van der Waals surface area contributed by atoms with Gasteiger partial charge in [-0.3, -0.25) is 4.79 Å². The van der Waals surface area contributed by atoms with Crippen LogP contribution in [-0.2, 0) is 4.79 Å². The number of nitrogens with two attached hydrogens (primary N) is 1. The average molecular weight is 253 g/mol. The summed E-state index contributed by atoms with van der Waals surface area (Å²) in [6.45, 7) is 4.34. The van der Waals surface area contributed by atoms with Crippen molar-refractivity contribution in [2.24, 2.45) is 17.6 Å². The number of likely N-dealkylation sites (tertiary alicyclic amines) is 1. The predicted octanol–water partition coefficient (Wildman–Crippen LogP) is 0.960. The fourth-order valence-electron chi connectivity index (χ4n) is 3.47. The normalized spacial score (nSPS) is 38.4. The first-order valence-electron chi connectivity index (χ1n) is 7.29.